The zero-order valence-electron chi connectivity index (χ0n) is 9.52. The fourth-order valence-electron chi connectivity index (χ4n) is 2.39. The Morgan fingerprint density at radius 3 is 2.42 bits per heavy atom. The molecule has 2 heterocycles. The Morgan fingerprint density at radius 1 is 0.737 bits per heavy atom. The van der Waals surface area contributed by atoms with Crippen molar-refractivity contribution in [3.63, 3.8) is 0 Å². The number of para-hydroxylation sites is 1. The summed E-state index contributed by atoms with van der Waals surface area (Å²) in [5.74, 6) is 0. The fourth-order valence-corrected chi connectivity index (χ4v) is 2.82. The lowest BCUT2D eigenvalue weighted by molar-refractivity contribution is 0.669. The van der Waals surface area contributed by atoms with Gasteiger partial charge in [-0.2, -0.15) is 0 Å². The highest BCUT2D eigenvalue weighted by atomic mass is 35.5. The number of furan rings is 1. The van der Waals surface area contributed by atoms with E-state index in [9.17, 15) is 0 Å². The van der Waals surface area contributed by atoms with Gasteiger partial charge in [0.2, 0.25) is 0 Å². The van der Waals surface area contributed by atoms with Gasteiger partial charge in [-0.1, -0.05) is 41.4 Å². The predicted octanol–water partition coefficient (Wildman–Crippen LogP) is 4.84. The van der Waals surface area contributed by atoms with Crippen LogP contribution >= 0.6 is 23.2 Å². The van der Waals surface area contributed by atoms with Crippen molar-refractivity contribution in [1.29, 1.82) is 0 Å². The smallest absolute Gasteiger partial charge is 0.160 e. The Labute approximate surface area is 117 Å². The number of benzene rings is 2. The number of fused-ring (bicyclic) bond motifs is 5. The first-order valence-corrected chi connectivity index (χ1v) is 6.43. The van der Waals surface area contributed by atoms with E-state index >= 15 is 0 Å². The number of aromatic nitrogens is 2. The van der Waals surface area contributed by atoms with Crippen LogP contribution in [0.2, 0.25) is 10.3 Å². The molecule has 2 aromatic heterocycles. The van der Waals surface area contributed by atoms with Crippen LogP contribution < -0.4 is 0 Å². The van der Waals surface area contributed by atoms with Crippen LogP contribution in [-0.2, 0) is 0 Å². The van der Waals surface area contributed by atoms with Gasteiger partial charge >= 0.3 is 0 Å². The van der Waals surface area contributed by atoms with Crippen molar-refractivity contribution >= 4 is 55.9 Å². The fraction of sp³-hybridized carbons (Fsp3) is 0. The molecular weight excluding hydrogens is 283 g/mol. The van der Waals surface area contributed by atoms with Gasteiger partial charge in [0.05, 0.1) is 0 Å². The van der Waals surface area contributed by atoms with E-state index in [0.29, 0.717) is 10.3 Å². The van der Waals surface area contributed by atoms with Crippen LogP contribution in [-0.4, -0.2) is 10.2 Å². The van der Waals surface area contributed by atoms with Gasteiger partial charge in [0.25, 0.3) is 0 Å². The van der Waals surface area contributed by atoms with Crippen molar-refractivity contribution in [2.75, 3.05) is 0 Å². The summed E-state index contributed by atoms with van der Waals surface area (Å²) in [6.07, 6.45) is 0. The van der Waals surface area contributed by atoms with Gasteiger partial charge < -0.3 is 4.42 Å². The molecule has 0 saturated heterocycles. The maximum Gasteiger partial charge on any atom is 0.160 e. The van der Waals surface area contributed by atoms with Gasteiger partial charge in [-0.15, -0.1) is 10.2 Å². The third-order valence-corrected chi connectivity index (χ3v) is 3.74. The molecule has 0 aliphatic rings. The minimum Gasteiger partial charge on any atom is -0.456 e. The molecule has 5 heteroatoms. The number of nitrogens with zero attached hydrogens (tertiary/aromatic N) is 2. The minimum atomic E-state index is 0.330. The Balaban J connectivity index is 2.40. The summed E-state index contributed by atoms with van der Waals surface area (Å²) in [5.41, 5.74) is 1.58. The zero-order chi connectivity index (χ0) is 13.0. The van der Waals surface area contributed by atoms with Crippen molar-refractivity contribution < 1.29 is 4.42 Å². The van der Waals surface area contributed by atoms with E-state index < -0.39 is 0 Å². The average Bonchev–Trinajstić information content (AvgIpc) is 2.81. The van der Waals surface area contributed by atoms with Crippen LogP contribution in [0, 0.1) is 0 Å². The van der Waals surface area contributed by atoms with Gasteiger partial charge in [0.15, 0.2) is 10.3 Å². The van der Waals surface area contributed by atoms with Crippen molar-refractivity contribution in [3.05, 3.63) is 46.7 Å². The Hall–Kier alpha value is -1.84. The third-order valence-electron chi connectivity index (χ3n) is 3.20. The Bertz CT molecular complexity index is 946. The van der Waals surface area contributed by atoms with Crippen molar-refractivity contribution in [3.8, 4) is 0 Å². The largest absolute Gasteiger partial charge is 0.456 e. The molecule has 0 radical (unpaired) electrons. The summed E-state index contributed by atoms with van der Waals surface area (Å²) in [6.45, 7) is 0. The number of halogens is 2. The first-order chi connectivity index (χ1) is 9.25. The Kier molecular flexibility index (Phi) is 2.22. The molecule has 0 bridgehead atoms. The van der Waals surface area contributed by atoms with Gasteiger partial charge in [0, 0.05) is 21.5 Å². The molecule has 4 rings (SSSR count). The summed E-state index contributed by atoms with van der Waals surface area (Å²) in [5, 5.41) is 11.9. The minimum absolute atomic E-state index is 0.330. The lowest BCUT2D eigenvalue weighted by atomic mass is 10.1. The normalized spacial score (nSPS) is 11.7. The maximum absolute atomic E-state index is 6.19. The summed E-state index contributed by atoms with van der Waals surface area (Å²) < 4.78 is 5.81. The van der Waals surface area contributed by atoms with Gasteiger partial charge in [-0.25, -0.2) is 0 Å². The Morgan fingerprint density at radius 2 is 1.53 bits per heavy atom. The second kappa shape index (κ2) is 3.83. The van der Waals surface area contributed by atoms with Crippen molar-refractivity contribution in [2.45, 2.75) is 0 Å². The van der Waals surface area contributed by atoms with Crippen LogP contribution in [0.1, 0.15) is 0 Å². The topological polar surface area (TPSA) is 38.9 Å². The molecule has 92 valence electrons. The highest BCUT2D eigenvalue weighted by molar-refractivity contribution is 6.41. The molecule has 0 N–H and O–H groups in total. The molecule has 0 aliphatic carbocycles. The number of hydrogen-bond donors (Lipinski definition) is 0. The molecule has 0 unspecified atom stereocenters. The van der Waals surface area contributed by atoms with Gasteiger partial charge in [-0.3, -0.25) is 0 Å². The van der Waals surface area contributed by atoms with E-state index in [-0.39, 0.29) is 0 Å². The molecule has 4 aromatic rings. The first kappa shape index (κ1) is 11.0. The zero-order valence-corrected chi connectivity index (χ0v) is 11.0. The highest BCUT2D eigenvalue weighted by Crippen LogP contribution is 2.38. The van der Waals surface area contributed by atoms with Crippen LogP contribution in [0.4, 0.5) is 0 Å². The van der Waals surface area contributed by atoms with E-state index in [1.807, 2.05) is 36.4 Å². The first-order valence-electron chi connectivity index (χ1n) is 5.67. The summed E-state index contributed by atoms with van der Waals surface area (Å²) in [4.78, 5) is 0. The van der Waals surface area contributed by atoms with Crippen LogP contribution in [0.3, 0.4) is 0 Å². The van der Waals surface area contributed by atoms with E-state index in [0.717, 1.165) is 32.7 Å². The van der Waals surface area contributed by atoms with E-state index in [4.69, 9.17) is 27.6 Å². The van der Waals surface area contributed by atoms with Gasteiger partial charge in [-0.05, 0) is 18.2 Å². The van der Waals surface area contributed by atoms with Crippen LogP contribution in [0.5, 0.6) is 0 Å². The van der Waals surface area contributed by atoms with E-state index in [1.54, 1.807) is 0 Å². The number of rotatable bonds is 0. The quantitative estimate of drug-likeness (QED) is 0.465. The molecule has 0 saturated carbocycles. The molecule has 19 heavy (non-hydrogen) atoms. The third kappa shape index (κ3) is 1.46. The standard InChI is InChI=1S/C14H6Cl2N2O/c15-13-8-5-6-10-11(12(8)14(16)18-17-13)7-3-1-2-4-9(7)19-10/h1-6H. The number of hydrogen-bond acceptors (Lipinski definition) is 3. The van der Waals surface area contributed by atoms with Crippen molar-refractivity contribution in [2.24, 2.45) is 0 Å². The molecule has 0 atom stereocenters. The summed E-state index contributed by atoms with van der Waals surface area (Å²) >= 11 is 12.3. The molecule has 0 fully saturated rings. The molecule has 2 aromatic carbocycles. The maximum atomic E-state index is 6.19. The van der Waals surface area contributed by atoms with Crippen LogP contribution in [0.25, 0.3) is 32.7 Å². The molecule has 0 aliphatic heterocycles. The SMILES string of the molecule is Clc1nnc(Cl)c2c1ccc1oc3ccccc3c12. The van der Waals surface area contributed by atoms with E-state index in [1.165, 1.54) is 0 Å². The van der Waals surface area contributed by atoms with Crippen molar-refractivity contribution in [1.82, 2.24) is 10.2 Å². The predicted molar refractivity (Wildman–Crippen MR) is 76.8 cm³/mol. The molecule has 3 nitrogen and oxygen atoms in total. The molecular formula is C14H6Cl2N2O. The second-order valence-electron chi connectivity index (χ2n) is 4.24. The summed E-state index contributed by atoms with van der Waals surface area (Å²) in [6, 6.07) is 11.5. The average molecular weight is 289 g/mol. The van der Waals surface area contributed by atoms with E-state index in [2.05, 4.69) is 10.2 Å². The van der Waals surface area contributed by atoms with Crippen LogP contribution in [0.15, 0.2) is 40.8 Å². The van der Waals surface area contributed by atoms with Gasteiger partial charge in [0.1, 0.15) is 11.2 Å². The highest BCUT2D eigenvalue weighted by Gasteiger charge is 2.15. The molecule has 0 amide bonds. The summed E-state index contributed by atoms with van der Waals surface area (Å²) in [7, 11) is 0. The molecule has 0 spiro atoms. The monoisotopic (exact) mass is 288 g/mol. The lowest BCUT2D eigenvalue weighted by Gasteiger charge is -2.02. The second-order valence-corrected chi connectivity index (χ2v) is 4.96. The lowest BCUT2D eigenvalue weighted by Crippen LogP contribution is -1.87.